The predicted molar refractivity (Wildman–Crippen MR) is 114 cm³/mol. The van der Waals surface area contributed by atoms with Gasteiger partial charge in [0.05, 0.1) is 10.6 Å². The second-order valence-corrected chi connectivity index (χ2v) is 8.19. The molecule has 12 heteroatoms. The number of nitrogens with one attached hydrogen (secondary N) is 2. The van der Waals surface area contributed by atoms with E-state index in [1.165, 1.54) is 0 Å². The van der Waals surface area contributed by atoms with Crippen LogP contribution in [-0.2, 0) is 11.0 Å². The topological polar surface area (TPSA) is 140 Å². The SMILES string of the molecule is N=C(c1cc2cnc(Nc3ccc(S(N)=O)cc3)nc2n1[C-]1CCCCC1)C(F)F.[K+].[OH-]. The molecule has 5 N–H and O–H groups in total. The van der Waals surface area contributed by atoms with Gasteiger partial charge >= 0.3 is 51.4 Å². The van der Waals surface area contributed by atoms with Gasteiger partial charge in [0, 0.05) is 17.5 Å². The summed E-state index contributed by atoms with van der Waals surface area (Å²) in [7, 11) is -1.56. The van der Waals surface area contributed by atoms with Crippen molar-refractivity contribution < 1.29 is 69.9 Å². The molecule has 0 aliphatic heterocycles. The van der Waals surface area contributed by atoms with Crippen LogP contribution >= 0.6 is 0 Å². The molecule has 0 spiro atoms. The van der Waals surface area contributed by atoms with E-state index in [-0.39, 0.29) is 62.6 Å². The van der Waals surface area contributed by atoms with Crippen LogP contribution in [0.25, 0.3) is 11.0 Å². The van der Waals surface area contributed by atoms with E-state index < -0.39 is 23.1 Å². The molecule has 166 valence electrons. The Bertz CT molecular complexity index is 1100. The number of hydrogen-bond donors (Lipinski definition) is 3. The number of anilines is 2. The normalized spacial score (nSPS) is 14.6. The summed E-state index contributed by atoms with van der Waals surface area (Å²) in [5.41, 5.74) is 0.626. The van der Waals surface area contributed by atoms with Crippen LogP contribution in [0.2, 0.25) is 0 Å². The zero-order valence-electron chi connectivity index (χ0n) is 17.5. The number of hydrogen-bond acceptors (Lipinski definition) is 6. The molecule has 1 unspecified atom stereocenters. The van der Waals surface area contributed by atoms with Gasteiger partial charge in [-0.2, -0.15) is 0 Å². The van der Waals surface area contributed by atoms with E-state index >= 15 is 0 Å². The van der Waals surface area contributed by atoms with Crippen molar-refractivity contribution in [3.05, 3.63) is 48.3 Å². The first-order valence-electron chi connectivity index (χ1n) is 9.58. The third kappa shape index (κ3) is 5.80. The number of nitrogens with zero attached hydrogens (tertiary/aromatic N) is 3. The minimum absolute atomic E-state index is 0. The van der Waals surface area contributed by atoms with Crippen molar-refractivity contribution in [1.29, 1.82) is 5.41 Å². The van der Waals surface area contributed by atoms with E-state index in [1.54, 1.807) is 41.1 Å². The molecule has 1 aliphatic rings. The molecule has 0 saturated heterocycles. The second kappa shape index (κ2) is 11.7. The molecule has 1 saturated carbocycles. The van der Waals surface area contributed by atoms with Gasteiger partial charge in [-0.05, 0) is 35.3 Å². The van der Waals surface area contributed by atoms with Crippen LogP contribution in [0.15, 0.2) is 41.4 Å². The Labute approximate surface area is 229 Å². The molecule has 32 heavy (non-hydrogen) atoms. The largest absolute Gasteiger partial charge is 1.00 e. The second-order valence-electron chi connectivity index (χ2n) is 7.13. The van der Waals surface area contributed by atoms with E-state index in [0.29, 0.717) is 27.6 Å². The van der Waals surface area contributed by atoms with Gasteiger partial charge in [-0.25, -0.2) is 23.1 Å². The molecule has 1 aromatic carbocycles. The van der Waals surface area contributed by atoms with Crippen LogP contribution in [0.1, 0.15) is 37.8 Å². The number of halogens is 2. The van der Waals surface area contributed by atoms with E-state index in [1.807, 2.05) is 0 Å². The number of alkyl halides is 2. The maximum atomic E-state index is 13.3. The zero-order chi connectivity index (χ0) is 21.3. The molecular weight excluding hydrogens is 465 g/mol. The summed E-state index contributed by atoms with van der Waals surface area (Å²) < 4.78 is 39.7. The maximum absolute atomic E-state index is 13.3. The van der Waals surface area contributed by atoms with E-state index in [2.05, 4.69) is 15.3 Å². The van der Waals surface area contributed by atoms with Crippen LogP contribution in [0, 0.1) is 11.5 Å². The van der Waals surface area contributed by atoms with Crippen molar-refractivity contribution >= 4 is 39.4 Å². The number of rotatable bonds is 6. The van der Waals surface area contributed by atoms with Crippen molar-refractivity contribution in [2.24, 2.45) is 5.14 Å². The third-order valence-corrected chi connectivity index (χ3v) is 5.86. The molecular formula is C20H22F2KN6O2S-. The molecule has 8 nitrogen and oxygen atoms in total. The predicted octanol–water partition coefficient (Wildman–Crippen LogP) is 0.961. The zero-order valence-corrected chi connectivity index (χ0v) is 21.5. The van der Waals surface area contributed by atoms with Crippen molar-refractivity contribution in [1.82, 2.24) is 14.5 Å². The van der Waals surface area contributed by atoms with Crippen molar-refractivity contribution in [2.45, 2.75) is 43.4 Å². The number of benzene rings is 1. The molecule has 0 amide bonds. The van der Waals surface area contributed by atoms with Gasteiger partial charge < -0.3 is 20.8 Å². The van der Waals surface area contributed by atoms with Gasteiger partial charge in [0.25, 0.3) is 6.43 Å². The Morgan fingerprint density at radius 1 is 1.22 bits per heavy atom. The number of nitrogens with two attached hydrogens (primary N) is 1. The summed E-state index contributed by atoms with van der Waals surface area (Å²) in [6, 6.07) is 9.25. The average Bonchev–Trinajstić information content (AvgIpc) is 3.12. The first kappa shape index (κ1) is 27.0. The van der Waals surface area contributed by atoms with E-state index in [9.17, 15) is 13.0 Å². The molecule has 2 aromatic heterocycles. The summed E-state index contributed by atoms with van der Waals surface area (Å²) in [6.45, 7) is 0. The molecule has 1 fully saturated rings. The fourth-order valence-corrected chi connectivity index (χ4v) is 4.07. The van der Waals surface area contributed by atoms with Gasteiger partial charge in [0.15, 0.2) is 0 Å². The third-order valence-electron chi connectivity index (χ3n) is 5.12. The Hall–Kier alpha value is -1.25. The minimum Gasteiger partial charge on any atom is -0.870 e. The summed E-state index contributed by atoms with van der Waals surface area (Å²) in [5, 5.41) is 16.9. The van der Waals surface area contributed by atoms with Crippen molar-refractivity contribution in [3.63, 3.8) is 0 Å². The fraction of sp³-hybridized carbons (Fsp3) is 0.300. The van der Waals surface area contributed by atoms with Gasteiger partial charge in [-0.3, -0.25) is 4.98 Å². The summed E-state index contributed by atoms with van der Waals surface area (Å²) >= 11 is 0. The van der Waals surface area contributed by atoms with Gasteiger partial charge in [-0.15, -0.1) is 6.04 Å². The van der Waals surface area contributed by atoms with Crippen LogP contribution in [-0.4, -0.2) is 36.4 Å². The first-order valence-corrected chi connectivity index (χ1v) is 10.8. The molecule has 3 aromatic rings. The summed E-state index contributed by atoms with van der Waals surface area (Å²) in [4.78, 5) is 9.33. The Morgan fingerprint density at radius 3 is 2.47 bits per heavy atom. The van der Waals surface area contributed by atoms with Crippen molar-refractivity contribution in [3.8, 4) is 0 Å². The summed E-state index contributed by atoms with van der Waals surface area (Å²) in [6.07, 6.45) is 3.36. The fourth-order valence-electron chi connectivity index (χ4n) is 3.66. The van der Waals surface area contributed by atoms with Gasteiger partial charge in [-0.1, -0.05) is 38.2 Å². The van der Waals surface area contributed by atoms with E-state index in [0.717, 1.165) is 38.1 Å². The molecule has 0 bridgehead atoms. The number of aromatic nitrogens is 3. The Balaban J connectivity index is 0.00000181. The van der Waals surface area contributed by atoms with Crippen LogP contribution in [0.5, 0.6) is 0 Å². The van der Waals surface area contributed by atoms with E-state index in [4.69, 9.17) is 10.5 Å². The summed E-state index contributed by atoms with van der Waals surface area (Å²) in [5.74, 6) is 0.301. The first-order chi connectivity index (χ1) is 14.4. The number of fused-ring (bicyclic) bond motifs is 1. The Kier molecular flexibility index (Phi) is 9.91. The average molecular weight is 488 g/mol. The van der Waals surface area contributed by atoms with Crippen LogP contribution < -0.4 is 61.8 Å². The van der Waals surface area contributed by atoms with Gasteiger partial charge in [0.2, 0.25) is 5.95 Å². The van der Waals surface area contributed by atoms with Crippen LogP contribution in [0.4, 0.5) is 20.4 Å². The molecule has 0 radical (unpaired) electrons. The molecule has 1 aliphatic carbocycles. The monoisotopic (exact) mass is 487 g/mol. The van der Waals surface area contributed by atoms with Crippen molar-refractivity contribution in [2.75, 3.05) is 5.32 Å². The van der Waals surface area contributed by atoms with Gasteiger partial charge in [0.1, 0.15) is 11.0 Å². The Morgan fingerprint density at radius 2 is 1.88 bits per heavy atom. The molecule has 2 heterocycles. The standard InChI is InChI=1S/C20H21F2N6OS.K.H2O/c21-18(22)17(23)16-10-12-11-25-20(26-13-6-8-15(9-7-13)30(24)29)27-19(12)28(16)14-4-2-1-3-5-14;;/h6-11,18,23H,1-5,24H2,(H,25,26,27);;1H2/q-1;+1;/p-1. The smallest absolute Gasteiger partial charge is 0.870 e. The molecule has 4 rings (SSSR count). The quantitative estimate of drug-likeness (QED) is 0.270. The minimum atomic E-state index is -2.87. The maximum Gasteiger partial charge on any atom is 1.00 e. The van der Waals surface area contributed by atoms with Crippen LogP contribution in [0.3, 0.4) is 0 Å². The molecule has 1 atom stereocenters.